The predicted octanol–water partition coefficient (Wildman–Crippen LogP) is 1.77. The summed E-state index contributed by atoms with van der Waals surface area (Å²) in [6.07, 6.45) is -1.06. The van der Waals surface area contributed by atoms with Gasteiger partial charge in [0.1, 0.15) is 4.88 Å². The minimum atomic E-state index is -1.06. The molecule has 1 aromatic carbocycles. The highest BCUT2D eigenvalue weighted by atomic mass is 32.1. The zero-order valence-corrected chi connectivity index (χ0v) is 14.3. The second-order valence-electron chi connectivity index (χ2n) is 5.00. The molecule has 2 N–H and O–H groups in total. The minimum Gasteiger partial charge on any atom is -0.448 e. The van der Waals surface area contributed by atoms with Gasteiger partial charge in [-0.1, -0.05) is 18.2 Å². The maximum absolute atomic E-state index is 12.0. The van der Waals surface area contributed by atoms with Crippen molar-refractivity contribution in [3.05, 3.63) is 51.5 Å². The van der Waals surface area contributed by atoms with Crippen LogP contribution >= 0.6 is 11.3 Å². The molecule has 2 rings (SSSR count). The van der Waals surface area contributed by atoms with Crippen LogP contribution in [0.25, 0.3) is 0 Å². The number of benzene rings is 1. The summed E-state index contributed by atoms with van der Waals surface area (Å²) in [5.74, 6) is -1.71. The molecule has 0 bridgehead atoms. The number of esters is 1. The van der Waals surface area contributed by atoms with Crippen molar-refractivity contribution in [2.24, 2.45) is 0 Å². The van der Waals surface area contributed by atoms with Gasteiger partial charge in [-0.05, 0) is 32.9 Å². The molecule has 0 aliphatic carbocycles. The van der Waals surface area contributed by atoms with Crippen LogP contribution < -0.4 is 10.9 Å². The van der Waals surface area contributed by atoms with Crippen LogP contribution in [0.15, 0.2) is 30.3 Å². The van der Waals surface area contributed by atoms with Crippen LogP contribution in [0.5, 0.6) is 0 Å². The molecule has 1 atom stereocenters. The lowest BCUT2D eigenvalue weighted by Crippen LogP contribution is -2.46. The lowest BCUT2D eigenvalue weighted by molar-refractivity contribution is -0.129. The number of aromatic nitrogens is 1. The number of nitrogens with zero attached hydrogens (tertiary/aromatic N) is 1. The number of carbonyl (C=O) groups is 3. The fourth-order valence-electron chi connectivity index (χ4n) is 1.87. The molecule has 7 nitrogen and oxygen atoms in total. The van der Waals surface area contributed by atoms with Crippen molar-refractivity contribution in [1.29, 1.82) is 0 Å². The van der Waals surface area contributed by atoms with E-state index >= 15 is 0 Å². The van der Waals surface area contributed by atoms with Crippen molar-refractivity contribution < 1.29 is 19.1 Å². The number of carbonyl (C=O) groups excluding carboxylic acids is 3. The van der Waals surface area contributed by atoms with Crippen molar-refractivity contribution in [3.8, 4) is 0 Å². The number of rotatable bonds is 4. The molecule has 0 spiro atoms. The van der Waals surface area contributed by atoms with Gasteiger partial charge < -0.3 is 4.74 Å². The van der Waals surface area contributed by atoms with E-state index in [1.54, 1.807) is 44.2 Å². The summed E-state index contributed by atoms with van der Waals surface area (Å²) in [5, 5.41) is 0.742. The third-order valence-corrected chi connectivity index (χ3v) is 4.13. The average Bonchev–Trinajstić information content (AvgIpc) is 2.91. The molecule has 0 aliphatic rings. The first-order chi connectivity index (χ1) is 11.4. The van der Waals surface area contributed by atoms with Crippen LogP contribution in [0.3, 0.4) is 0 Å². The fraction of sp³-hybridized carbons (Fsp3) is 0.250. The first-order valence-corrected chi connectivity index (χ1v) is 8.00. The Hall–Kier alpha value is -2.74. The number of hydrogen-bond donors (Lipinski definition) is 2. The second-order valence-corrected chi connectivity index (χ2v) is 6.21. The van der Waals surface area contributed by atoms with Crippen molar-refractivity contribution in [2.75, 3.05) is 0 Å². The number of thiazole rings is 1. The number of hydrazine groups is 1. The van der Waals surface area contributed by atoms with Gasteiger partial charge in [0.2, 0.25) is 0 Å². The van der Waals surface area contributed by atoms with Gasteiger partial charge in [0, 0.05) is 5.56 Å². The Bertz CT molecular complexity index is 758. The average molecular weight is 347 g/mol. The number of hydrogen-bond acceptors (Lipinski definition) is 6. The van der Waals surface area contributed by atoms with Crippen molar-refractivity contribution in [2.45, 2.75) is 26.9 Å². The second kappa shape index (κ2) is 7.69. The molecule has 0 radical (unpaired) electrons. The van der Waals surface area contributed by atoms with Crippen LogP contribution in [0.2, 0.25) is 0 Å². The van der Waals surface area contributed by atoms with Gasteiger partial charge in [-0.15, -0.1) is 11.3 Å². The van der Waals surface area contributed by atoms with Crippen LogP contribution in [-0.4, -0.2) is 28.9 Å². The normalized spacial score (nSPS) is 11.5. The molecule has 0 unspecified atom stereocenters. The summed E-state index contributed by atoms with van der Waals surface area (Å²) in [6, 6.07) is 8.42. The smallest absolute Gasteiger partial charge is 0.351 e. The van der Waals surface area contributed by atoms with E-state index in [9.17, 15) is 14.4 Å². The van der Waals surface area contributed by atoms with Crippen molar-refractivity contribution in [3.63, 3.8) is 0 Å². The zero-order valence-electron chi connectivity index (χ0n) is 13.5. The summed E-state index contributed by atoms with van der Waals surface area (Å²) in [4.78, 5) is 40.3. The topological polar surface area (TPSA) is 97.4 Å². The van der Waals surface area contributed by atoms with Gasteiger partial charge in [0.25, 0.3) is 11.8 Å². The number of aryl methyl sites for hydroxylation is 2. The molecule has 2 aromatic rings. The molecule has 1 heterocycles. The molecular weight excluding hydrogens is 330 g/mol. The third kappa shape index (κ3) is 4.39. The SMILES string of the molecule is Cc1nc(C)c(C(=O)O[C@H](C)C(=O)NNC(=O)c2ccccc2)s1. The van der Waals surface area contributed by atoms with E-state index in [2.05, 4.69) is 15.8 Å². The monoisotopic (exact) mass is 347 g/mol. The van der Waals surface area contributed by atoms with E-state index in [0.717, 1.165) is 5.01 Å². The molecule has 126 valence electrons. The Balaban J connectivity index is 1.87. The highest BCUT2D eigenvalue weighted by Crippen LogP contribution is 2.18. The number of ether oxygens (including phenoxy) is 1. The fourth-order valence-corrected chi connectivity index (χ4v) is 2.67. The standard InChI is InChI=1S/C16H17N3O4S/c1-9-13(24-11(3)17-9)16(22)23-10(2)14(20)18-19-15(21)12-7-5-4-6-8-12/h4-8,10H,1-3H3,(H,18,20)(H,19,21)/t10-/m1/s1. The van der Waals surface area contributed by atoms with Crippen molar-refractivity contribution >= 4 is 29.1 Å². The van der Waals surface area contributed by atoms with E-state index in [4.69, 9.17) is 4.74 Å². The summed E-state index contributed by atoms with van der Waals surface area (Å²) < 4.78 is 5.10. The highest BCUT2D eigenvalue weighted by Gasteiger charge is 2.22. The molecule has 2 amide bonds. The Morgan fingerprint density at radius 2 is 1.79 bits per heavy atom. The van der Waals surface area contributed by atoms with E-state index < -0.39 is 23.9 Å². The summed E-state index contributed by atoms with van der Waals surface area (Å²) in [5.41, 5.74) is 5.46. The Labute approximate surface area is 143 Å². The first-order valence-electron chi connectivity index (χ1n) is 7.18. The third-order valence-electron chi connectivity index (χ3n) is 3.08. The van der Waals surface area contributed by atoms with E-state index in [-0.39, 0.29) is 0 Å². The van der Waals surface area contributed by atoms with Crippen LogP contribution in [0, 0.1) is 13.8 Å². The largest absolute Gasteiger partial charge is 0.448 e. The molecule has 0 fully saturated rings. The van der Waals surface area contributed by atoms with Gasteiger partial charge in [0.15, 0.2) is 6.10 Å². The van der Waals surface area contributed by atoms with Gasteiger partial charge in [-0.3, -0.25) is 20.4 Å². The predicted molar refractivity (Wildman–Crippen MR) is 88.5 cm³/mol. The van der Waals surface area contributed by atoms with Crippen molar-refractivity contribution in [1.82, 2.24) is 15.8 Å². The van der Waals surface area contributed by atoms with Crippen LogP contribution in [-0.2, 0) is 9.53 Å². The Morgan fingerprint density at radius 1 is 1.12 bits per heavy atom. The quantitative estimate of drug-likeness (QED) is 0.649. The lowest BCUT2D eigenvalue weighted by atomic mass is 10.2. The Kier molecular flexibility index (Phi) is 5.64. The van der Waals surface area contributed by atoms with Gasteiger partial charge >= 0.3 is 5.97 Å². The molecule has 0 saturated heterocycles. The van der Waals surface area contributed by atoms with Crippen LogP contribution in [0.1, 0.15) is 37.7 Å². The molecule has 24 heavy (non-hydrogen) atoms. The summed E-state index contributed by atoms with van der Waals surface area (Å²) in [6.45, 7) is 4.90. The Morgan fingerprint density at radius 3 is 2.38 bits per heavy atom. The molecule has 1 aromatic heterocycles. The van der Waals surface area contributed by atoms with E-state index in [1.165, 1.54) is 18.3 Å². The summed E-state index contributed by atoms with van der Waals surface area (Å²) >= 11 is 1.20. The molecule has 8 heteroatoms. The maximum Gasteiger partial charge on any atom is 0.351 e. The molecule has 0 saturated carbocycles. The summed E-state index contributed by atoms with van der Waals surface area (Å²) in [7, 11) is 0. The van der Waals surface area contributed by atoms with E-state index in [0.29, 0.717) is 16.1 Å². The molecule has 0 aliphatic heterocycles. The van der Waals surface area contributed by atoms with Crippen LogP contribution in [0.4, 0.5) is 0 Å². The maximum atomic E-state index is 12.0. The zero-order chi connectivity index (χ0) is 17.7. The first kappa shape index (κ1) is 17.6. The molecular formula is C16H17N3O4S. The minimum absolute atomic E-state index is 0.362. The van der Waals surface area contributed by atoms with E-state index in [1.807, 2.05) is 0 Å². The van der Waals surface area contributed by atoms with Gasteiger partial charge in [0.05, 0.1) is 10.7 Å². The number of nitrogens with one attached hydrogen (secondary N) is 2. The van der Waals surface area contributed by atoms with Gasteiger partial charge in [-0.2, -0.15) is 0 Å². The highest BCUT2D eigenvalue weighted by molar-refractivity contribution is 7.13. The van der Waals surface area contributed by atoms with Gasteiger partial charge in [-0.25, -0.2) is 9.78 Å². The lowest BCUT2D eigenvalue weighted by Gasteiger charge is -2.13. The number of amides is 2.